The largest absolute Gasteiger partial charge is 0.470 e. The normalized spacial score (nSPS) is 19.3. The van der Waals surface area contributed by atoms with Crippen molar-refractivity contribution in [3.63, 3.8) is 0 Å². The zero-order valence-electron chi connectivity index (χ0n) is 16.7. The van der Waals surface area contributed by atoms with Crippen LogP contribution >= 0.6 is 11.3 Å². The molecule has 4 aromatic heterocycles. The Hall–Kier alpha value is -3.27. The van der Waals surface area contributed by atoms with Crippen LogP contribution < -0.4 is 4.74 Å². The fourth-order valence-corrected chi connectivity index (χ4v) is 4.61. The van der Waals surface area contributed by atoms with Gasteiger partial charge in [-0.05, 0) is 38.1 Å². The molecule has 0 aromatic carbocycles. The van der Waals surface area contributed by atoms with E-state index in [-0.39, 0.29) is 18.1 Å². The van der Waals surface area contributed by atoms with E-state index in [2.05, 4.69) is 27.1 Å². The molecule has 5 heterocycles. The number of nitrogens with zero attached hydrogens (tertiary/aromatic N) is 7. The number of amides is 1. The van der Waals surface area contributed by atoms with Gasteiger partial charge in [0.2, 0.25) is 5.65 Å². The summed E-state index contributed by atoms with van der Waals surface area (Å²) in [7, 11) is 0. The summed E-state index contributed by atoms with van der Waals surface area (Å²) in [5, 5.41) is 11.0. The van der Waals surface area contributed by atoms with Crippen LogP contribution in [0.2, 0.25) is 0 Å². The molecule has 0 saturated carbocycles. The van der Waals surface area contributed by atoms with E-state index in [9.17, 15) is 4.79 Å². The summed E-state index contributed by atoms with van der Waals surface area (Å²) in [5.41, 5.74) is 2.20. The predicted octanol–water partition coefficient (Wildman–Crippen LogP) is 2.75. The molecule has 1 aliphatic rings. The predicted molar refractivity (Wildman–Crippen MR) is 111 cm³/mol. The molecule has 2 atom stereocenters. The Labute approximate surface area is 176 Å². The lowest BCUT2D eigenvalue weighted by Crippen LogP contribution is -2.49. The topological polar surface area (TPSA) is 90.4 Å². The molecule has 4 aromatic rings. The Bertz CT molecular complexity index is 1180. The maximum Gasteiger partial charge on any atom is 0.258 e. The van der Waals surface area contributed by atoms with Gasteiger partial charge in [0.15, 0.2) is 5.00 Å². The third-order valence-electron chi connectivity index (χ3n) is 5.32. The highest BCUT2D eigenvalue weighted by atomic mass is 32.1. The van der Waals surface area contributed by atoms with E-state index in [4.69, 9.17) is 4.74 Å². The first-order valence-corrected chi connectivity index (χ1v) is 10.7. The summed E-state index contributed by atoms with van der Waals surface area (Å²) in [4.78, 5) is 25.6. The quantitative estimate of drug-likeness (QED) is 0.501. The van der Waals surface area contributed by atoms with Gasteiger partial charge < -0.3 is 14.0 Å². The number of hydrogen-bond donors (Lipinski definition) is 0. The number of piperidine rings is 1. The van der Waals surface area contributed by atoms with Crippen LogP contribution in [-0.2, 0) is 0 Å². The second-order valence-corrected chi connectivity index (χ2v) is 8.32. The summed E-state index contributed by atoms with van der Waals surface area (Å²) in [6.07, 6.45) is 10.3. The standard InChI is InChI=1S/C20H21N7O2S/c1-13-11-25-9-8-21-18(17(25)24-13)29-15-4-3-14(2)26(12-15)19(28)16-5-10-30-20(16)27-22-6-7-23-27/h5-11,14-15H,3-4,12H2,1-2H3/t14-,15-/m1/s1. The molecule has 0 spiro atoms. The second kappa shape index (κ2) is 7.52. The Morgan fingerprint density at radius 3 is 2.90 bits per heavy atom. The van der Waals surface area contributed by atoms with E-state index in [1.807, 2.05) is 40.1 Å². The molecule has 154 valence electrons. The summed E-state index contributed by atoms with van der Waals surface area (Å²) < 4.78 is 8.12. The lowest BCUT2D eigenvalue weighted by Gasteiger charge is -2.37. The van der Waals surface area contributed by atoms with Gasteiger partial charge in [-0.3, -0.25) is 4.79 Å². The van der Waals surface area contributed by atoms with Gasteiger partial charge in [0.25, 0.3) is 11.8 Å². The van der Waals surface area contributed by atoms with Gasteiger partial charge in [0.05, 0.1) is 30.2 Å². The molecule has 1 fully saturated rings. The molecular weight excluding hydrogens is 402 g/mol. The van der Waals surface area contributed by atoms with Crippen LogP contribution in [-0.4, -0.2) is 58.9 Å². The highest BCUT2D eigenvalue weighted by Gasteiger charge is 2.33. The molecule has 0 N–H and O–H groups in total. The zero-order chi connectivity index (χ0) is 20.7. The number of hydrogen-bond acceptors (Lipinski definition) is 7. The number of likely N-dealkylation sites (tertiary alicyclic amines) is 1. The summed E-state index contributed by atoms with van der Waals surface area (Å²) in [6.45, 7) is 4.50. The lowest BCUT2D eigenvalue weighted by atomic mass is 10.0. The first kappa shape index (κ1) is 18.7. The van der Waals surface area contributed by atoms with E-state index < -0.39 is 0 Å². The maximum atomic E-state index is 13.4. The number of thiophene rings is 1. The minimum absolute atomic E-state index is 0.0350. The van der Waals surface area contributed by atoms with Crippen molar-refractivity contribution in [1.29, 1.82) is 0 Å². The fraction of sp³-hybridized carbons (Fsp3) is 0.350. The highest BCUT2D eigenvalue weighted by molar-refractivity contribution is 7.12. The SMILES string of the molecule is Cc1cn2ccnc(O[C@@H]3CC[C@@H](C)N(C(=O)c4ccsc4-n4nccn4)C3)c2n1. The number of ether oxygens (including phenoxy) is 1. The molecule has 0 aliphatic carbocycles. The highest BCUT2D eigenvalue weighted by Crippen LogP contribution is 2.28. The van der Waals surface area contributed by atoms with Gasteiger partial charge in [0.1, 0.15) is 6.10 Å². The van der Waals surface area contributed by atoms with Gasteiger partial charge in [0, 0.05) is 24.6 Å². The van der Waals surface area contributed by atoms with Gasteiger partial charge >= 0.3 is 0 Å². The van der Waals surface area contributed by atoms with Crippen LogP contribution in [0.4, 0.5) is 0 Å². The monoisotopic (exact) mass is 423 g/mol. The Morgan fingerprint density at radius 1 is 1.23 bits per heavy atom. The molecule has 1 aliphatic heterocycles. The molecule has 1 amide bonds. The molecule has 9 nitrogen and oxygen atoms in total. The molecule has 0 radical (unpaired) electrons. The van der Waals surface area contributed by atoms with E-state index in [1.54, 1.807) is 18.6 Å². The minimum Gasteiger partial charge on any atom is -0.470 e. The van der Waals surface area contributed by atoms with Crippen LogP contribution in [0.25, 0.3) is 10.6 Å². The first-order chi connectivity index (χ1) is 14.6. The molecular formula is C20H21N7O2S. The van der Waals surface area contributed by atoms with Gasteiger partial charge in [-0.15, -0.1) is 16.1 Å². The van der Waals surface area contributed by atoms with Crippen molar-refractivity contribution < 1.29 is 9.53 Å². The average Bonchev–Trinajstić information content (AvgIpc) is 3.48. The molecule has 10 heteroatoms. The van der Waals surface area contributed by atoms with Crippen LogP contribution in [0, 0.1) is 6.92 Å². The van der Waals surface area contributed by atoms with Crippen molar-refractivity contribution in [2.75, 3.05) is 6.54 Å². The number of aromatic nitrogens is 6. The van der Waals surface area contributed by atoms with E-state index in [0.717, 1.165) is 23.5 Å². The van der Waals surface area contributed by atoms with Crippen LogP contribution in [0.3, 0.4) is 0 Å². The third kappa shape index (κ3) is 3.32. The van der Waals surface area contributed by atoms with Crippen LogP contribution in [0.1, 0.15) is 35.8 Å². The molecule has 0 unspecified atom stereocenters. The minimum atomic E-state index is -0.147. The number of carbonyl (C=O) groups excluding carboxylic acids is 1. The van der Waals surface area contributed by atoms with Crippen molar-refractivity contribution in [3.05, 3.63) is 53.7 Å². The van der Waals surface area contributed by atoms with Gasteiger partial charge in [-0.25, -0.2) is 9.97 Å². The average molecular weight is 424 g/mol. The van der Waals surface area contributed by atoms with Crippen molar-refractivity contribution in [2.45, 2.75) is 38.8 Å². The fourth-order valence-electron chi connectivity index (χ4n) is 3.81. The summed E-state index contributed by atoms with van der Waals surface area (Å²) in [6, 6.07) is 1.95. The second-order valence-electron chi connectivity index (χ2n) is 7.43. The van der Waals surface area contributed by atoms with Crippen LogP contribution in [0.5, 0.6) is 5.88 Å². The Morgan fingerprint density at radius 2 is 2.07 bits per heavy atom. The van der Waals surface area contributed by atoms with Gasteiger partial charge in [-0.1, -0.05) is 0 Å². The summed E-state index contributed by atoms with van der Waals surface area (Å²) in [5.74, 6) is 0.460. The van der Waals surface area contributed by atoms with Crippen molar-refractivity contribution >= 4 is 22.9 Å². The molecule has 1 saturated heterocycles. The third-order valence-corrected chi connectivity index (χ3v) is 6.20. The van der Waals surface area contributed by atoms with Crippen molar-refractivity contribution in [2.24, 2.45) is 0 Å². The summed E-state index contributed by atoms with van der Waals surface area (Å²) >= 11 is 1.45. The zero-order valence-corrected chi connectivity index (χ0v) is 17.5. The molecule has 5 rings (SSSR count). The number of aryl methyl sites for hydroxylation is 1. The van der Waals surface area contributed by atoms with E-state index in [0.29, 0.717) is 23.6 Å². The Balaban J connectivity index is 1.38. The lowest BCUT2D eigenvalue weighted by molar-refractivity contribution is 0.0376. The number of rotatable bonds is 4. The molecule has 30 heavy (non-hydrogen) atoms. The van der Waals surface area contributed by atoms with E-state index in [1.165, 1.54) is 16.1 Å². The van der Waals surface area contributed by atoms with Crippen LogP contribution in [0.15, 0.2) is 42.4 Å². The van der Waals surface area contributed by atoms with Crippen molar-refractivity contribution in [1.82, 2.24) is 34.3 Å². The number of carbonyl (C=O) groups is 1. The number of imidazole rings is 1. The van der Waals surface area contributed by atoms with E-state index >= 15 is 0 Å². The Kier molecular flexibility index (Phi) is 4.70. The maximum absolute atomic E-state index is 13.4. The smallest absolute Gasteiger partial charge is 0.258 e. The van der Waals surface area contributed by atoms with Gasteiger partial charge in [-0.2, -0.15) is 10.2 Å². The first-order valence-electron chi connectivity index (χ1n) is 9.82. The number of fused-ring (bicyclic) bond motifs is 1. The van der Waals surface area contributed by atoms with Crippen molar-refractivity contribution in [3.8, 4) is 10.9 Å². The molecule has 0 bridgehead atoms.